The van der Waals surface area contributed by atoms with Gasteiger partial charge < -0.3 is 15.2 Å². The van der Waals surface area contributed by atoms with Gasteiger partial charge in [0.2, 0.25) is 5.88 Å². The molecule has 1 aliphatic carbocycles. The molecule has 0 saturated heterocycles. The van der Waals surface area contributed by atoms with E-state index in [2.05, 4.69) is 26.7 Å². The van der Waals surface area contributed by atoms with Crippen LogP contribution in [0.2, 0.25) is 0 Å². The summed E-state index contributed by atoms with van der Waals surface area (Å²) in [5.74, 6) is 0.688. The quantitative estimate of drug-likeness (QED) is 0.483. The topological polar surface area (TPSA) is 120 Å². The number of fused-ring (bicyclic) bond motifs is 2. The van der Waals surface area contributed by atoms with Crippen LogP contribution >= 0.6 is 0 Å². The molecule has 1 fully saturated rings. The molecular formula is C24H24FN5O3. The number of amides is 1. The van der Waals surface area contributed by atoms with E-state index in [4.69, 9.17) is 15.1 Å². The van der Waals surface area contributed by atoms with E-state index in [0.717, 1.165) is 24.1 Å². The summed E-state index contributed by atoms with van der Waals surface area (Å²) in [7, 11) is 0. The first-order chi connectivity index (χ1) is 16.0. The van der Waals surface area contributed by atoms with Crippen LogP contribution in [0.15, 0.2) is 30.6 Å². The minimum Gasteiger partial charge on any atom is -0.474 e. The Balaban J connectivity index is 0.000000318. The van der Waals surface area contributed by atoms with Gasteiger partial charge in [-0.1, -0.05) is 12.8 Å². The zero-order valence-electron chi connectivity index (χ0n) is 18.2. The zero-order valence-corrected chi connectivity index (χ0v) is 18.2. The second-order valence-corrected chi connectivity index (χ2v) is 8.04. The molecule has 0 radical (unpaired) electrons. The van der Waals surface area contributed by atoms with Gasteiger partial charge in [-0.05, 0) is 48.9 Å². The van der Waals surface area contributed by atoms with Crippen molar-refractivity contribution in [3.63, 3.8) is 0 Å². The van der Waals surface area contributed by atoms with Gasteiger partial charge in [-0.15, -0.1) is 0 Å². The number of carboxylic acid groups (broad SMARTS) is 1. The van der Waals surface area contributed by atoms with Crippen LogP contribution in [0.25, 0.3) is 21.9 Å². The van der Waals surface area contributed by atoms with E-state index >= 15 is 0 Å². The van der Waals surface area contributed by atoms with E-state index in [0.29, 0.717) is 46.8 Å². The lowest BCUT2D eigenvalue weighted by atomic mass is 9.98. The number of hydrogen-bond acceptors (Lipinski definition) is 6. The summed E-state index contributed by atoms with van der Waals surface area (Å²) >= 11 is 0. The van der Waals surface area contributed by atoms with Gasteiger partial charge in [-0.25, -0.2) is 19.2 Å². The van der Waals surface area contributed by atoms with Crippen LogP contribution in [0.3, 0.4) is 0 Å². The minimum absolute atomic E-state index is 0.179. The Bertz CT molecular complexity index is 1230. The fraction of sp³-hybridized carbons (Fsp3) is 0.333. The Morgan fingerprint density at radius 2 is 2.00 bits per heavy atom. The van der Waals surface area contributed by atoms with Crippen LogP contribution in [0.4, 0.5) is 20.7 Å². The van der Waals surface area contributed by atoms with Gasteiger partial charge >= 0.3 is 6.09 Å². The molecule has 1 amide bonds. The SMILES string of the molecule is Cc1c(-c2cc3cc(NC(=O)O)ncc3cc2F)cnc2c1NCCO2.N#CC1CCCC1. The second kappa shape index (κ2) is 9.69. The van der Waals surface area contributed by atoms with Gasteiger partial charge in [0.25, 0.3) is 0 Å². The number of anilines is 2. The summed E-state index contributed by atoms with van der Waals surface area (Å²) in [6.45, 7) is 3.08. The van der Waals surface area contributed by atoms with Crippen molar-refractivity contribution in [2.45, 2.75) is 32.6 Å². The fourth-order valence-corrected chi connectivity index (χ4v) is 4.10. The molecule has 5 rings (SSSR count). The van der Waals surface area contributed by atoms with Gasteiger partial charge in [-0.2, -0.15) is 5.26 Å². The van der Waals surface area contributed by atoms with Crippen LogP contribution in [0, 0.1) is 30.0 Å². The van der Waals surface area contributed by atoms with Gasteiger partial charge in [0.1, 0.15) is 23.9 Å². The number of rotatable bonds is 2. The predicted molar refractivity (Wildman–Crippen MR) is 123 cm³/mol. The largest absolute Gasteiger partial charge is 0.474 e. The van der Waals surface area contributed by atoms with E-state index in [9.17, 15) is 9.18 Å². The first kappa shape index (κ1) is 22.3. The molecule has 1 saturated carbocycles. The Labute approximate surface area is 190 Å². The highest BCUT2D eigenvalue weighted by Crippen LogP contribution is 2.37. The smallest absolute Gasteiger partial charge is 0.410 e. The first-order valence-electron chi connectivity index (χ1n) is 10.8. The number of halogens is 1. The molecule has 3 N–H and O–H groups in total. The van der Waals surface area contributed by atoms with Crippen molar-refractivity contribution < 1.29 is 19.0 Å². The molecular weight excluding hydrogens is 425 g/mol. The van der Waals surface area contributed by atoms with Crippen molar-refractivity contribution in [2.75, 3.05) is 23.8 Å². The fourth-order valence-electron chi connectivity index (χ4n) is 4.10. The van der Waals surface area contributed by atoms with Crippen molar-refractivity contribution >= 4 is 28.4 Å². The van der Waals surface area contributed by atoms with E-state index in [1.165, 1.54) is 25.1 Å². The summed E-state index contributed by atoms with van der Waals surface area (Å²) in [4.78, 5) is 19.0. The van der Waals surface area contributed by atoms with Crippen LogP contribution < -0.4 is 15.4 Å². The molecule has 0 atom stereocenters. The van der Waals surface area contributed by atoms with Crippen LogP contribution in [0.5, 0.6) is 5.88 Å². The number of benzene rings is 1. The number of nitrogens with zero attached hydrogens (tertiary/aromatic N) is 3. The maximum atomic E-state index is 14.7. The van der Waals surface area contributed by atoms with E-state index in [1.807, 2.05) is 6.92 Å². The van der Waals surface area contributed by atoms with Gasteiger partial charge in [0.05, 0.1) is 6.07 Å². The van der Waals surface area contributed by atoms with Gasteiger partial charge in [0.15, 0.2) is 0 Å². The Hall–Kier alpha value is -3.93. The summed E-state index contributed by atoms with van der Waals surface area (Å²) in [6.07, 6.45) is 6.66. The lowest BCUT2D eigenvalue weighted by Gasteiger charge is -2.21. The molecule has 0 unspecified atom stereocenters. The summed E-state index contributed by atoms with van der Waals surface area (Å²) in [6, 6.07) is 6.87. The molecule has 8 nitrogen and oxygen atoms in total. The number of aromatic nitrogens is 2. The van der Waals surface area contributed by atoms with Gasteiger partial charge in [-0.3, -0.25) is 5.32 Å². The lowest BCUT2D eigenvalue weighted by Crippen LogP contribution is -2.20. The third-order valence-electron chi connectivity index (χ3n) is 5.82. The molecule has 2 aliphatic rings. The van der Waals surface area contributed by atoms with Crippen LogP contribution in [-0.2, 0) is 0 Å². The Morgan fingerprint density at radius 1 is 1.21 bits per heavy atom. The highest BCUT2D eigenvalue weighted by atomic mass is 19.1. The molecule has 1 aromatic carbocycles. The van der Waals surface area contributed by atoms with E-state index in [-0.39, 0.29) is 5.82 Å². The summed E-state index contributed by atoms with van der Waals surface area (Å²) < 4.78 is 20.2. The molecule has 170 valence electrons. The zero-order chi connectivity index (χ0) is 23.4. The van der Waals surface area contributed by atoms with Crippen molar-refractivity contribution in [2.24, 2.45) is 5.92 Å². The first-order valence-corrected chi connectivity index (χ1v) is 10.8. The third kappa shape index (κ3) is 4.95. The van der Waals surface area contributed by atoms with Crippen molar-refractivity contribution in [3.05, 3.63) is 42.0 Å². The standard InChI is InChI=1S/C18H15FN4O3.C6H9N/c1-9-13(8-22-17-16(9)20-2-3-26-17)12-4-10-6-15(23-18(24)25)21-7-11(10)5-14(12)19;7-5-6-3-1-2-4-6/h4-8,20H,2-3H2,1H3,(H,21,23)(H,24,25);6H,1-4H2. The second-order valence-electron chi connectivity index (χ2n) is 8.04. The third-order valence-corrected chi connectivity index (χ3v) is 5.82. The normalized spacial score (nSPS) is 14.8. The molecule has 33 heavy (non-hydrogen) atoms. The maximum Gasteiger partial charge on any atom is 0.410 e. The van der Waals surface area contributed by atoms with E-state index < -0.39 is 11.9 Å². The minimum atomic E-state index is -1.21. The molecule has 3 aromatic rings. The van der Waals surface area contributed by atoms with Crippen molar-refractivity contribution in [3.8, 4) is 23.1 Å². The Morgan fingerprint density at radius 3 is 2.70 bits per heavy atom. The lowest BCUT2D eigenvalue weighted by molar-refractivity contribution is 0.209. The van der Waals surface area contributed by atoms with Crippen LogP contribution in [-0.4, -0.2) is 34.3 Å². The number of nitriles is 1. The number of pyridine rings is 2. The molecule has 0 spiro atoms. The molecule has 2 aromatic heterocycles. The number of ether oxygens (including phenoxy) is 1. The maximum absolute atomic E-state index is 14.7. The highest BCUT2D eigenvalue weighted by molar-refractivity contribution is 5.92. The highest BCUT2D eigenvalue weighted by Gasteiger charge is 2.19. The van der Waals surface area contributed by atoms with Crippen molar-refractivity contribution in [1.82, 2.24) is 9.97 Å². The predicted octanol–water partition coefficient (Wildman–Crippen LogP) is 5.34. The van der Waals surface area contributed by atoms with Crippen LogP contribution in [0.1, 0.15) is 31.2 Å². The molecule has 3 heterocycles. The van der Waals surface area contributed by atoms with E-state index in [1.54, 1.807) is 18.3 Å². The molecule has 9 heteroatoms. The monoisotopic (exact) mass is 449 g/mol. The number of nitrogens with one attached hydrogen (secondary N) is 2. The average molecular weight is 449 g/mol. The number of carbonyl (C=O) groups is 1. The summed E-state index contributed by atoms with van der Waals surface area (Å²) in [5.41, 5.74) is 2.62. The van der Waals surface area contributed by atoms with Gasteiger partial charge in [0, 0.05) is 41.4 Å². The molecule has 1 aliphatic heterocycles. The van der Waals surface area contributed by atoms with Crippen molar-refractivity contribution in [1.29, 1.82) is 5.26 Å². The molecule has 0 bridgehead atoms. The Kier molecular flexibility index (Phi) is 6.54. The number of hydrogen-bond donors (Lipinski definition) is 3. The average Bonchev–Trinajstić information content (AvgIpc) is 3.34. The summed E-state index contributed by atoms with van der Waals surface area (Å²) in [5, 5.41) is 23.8.